The molecule has 11 N–H and O–H groups in total. The minimum absolute atomic E-state index is 0.00836. The first kappa shape index (κ1) is 51.3. The summed E-state index contributed by atoms with van der Waals surface area (Å²) in [5, 5.41) is 19.9. The van der Waals surface area contributed by atoms with E-state index in [-0.39, 0.29) is 64.6 Å². The number of aliphatic carboxylic acids is 1. The SMILES string of the molecule is C[C@H](NC(=O)CNC(=O)[C@@H](N)COC(C)(C)C)C(=O)N1CCC[C@H]1C(=O)N1CCC[C@H]1C(=O)N1CCC[C@H]1C(=O)N[C@@H](COC(C)(C)C)C(=O)N[C@@H](CCCN=C(N)N)C(=O)O. The van der Waals surface area contributed by atoms with Crippen molar-refractivity contribution in [3.8, 4) is 0 Å². The van der Waals surface area contributed by atoms with Crippen LogP contribution in [-0.4, -0.2) is 173 Å². The number of amides is 7. The van der Waals surface area contributed by atoms with Gasteiger partial charge in [-0.05, 0) is 99.8 Å². The fourth-order valence-corrected chi connectivity index (χ4v) is 7.39. The molecule has 0 bridgehead atoms. The van der Waals surface area contributed by atoms with Crippen LogP contribution in [0.5, 0.6) is 0 Å². The molecule has 0 radical (unpaired) electrons. The first-order valence-electron chi connectivity index (χ1n) is 21.3. The Kier molecular flexibility index (Phi) is 18.9. The third kappa shape index (κ3) is 15.7. The van der Waals surface area contributed by atoms with Crippen molar-refractivity contribution < 1.29 is 52.9 Å². The van der Waals surface area contributed by atoms with Crippen molar-refractivity contribution in [1.29, 1.82) is 0 Å². The van der Waals surface area contributed by atoms with Gasteiger partial charge in [-0.25, -0.2) is 4.79 Å². The highest BCUT2D eigenvalue weighted by atomic mass is 16.5. The van der Waals surface area contributed by atoms with Crippen LogP contribution in [0.4, 0.5) is 0 Å². The number of rotatable bonds is 20. The Balaban J connectivity index is 1.65. The summed E-state index contributed by atoms with van der Waals surface area (Å²) in [5.74, 6) is -5.44. The topological polar surface area (TPSA) is 324 Å². The molecule has 3 fully saturated rings. The normalized spacial score (nSPS) is 21.0. The molecule has 350 valence electrons. The van der Waals surface area contributed by atoms with Crippen LogP contribution in [0.25, 0.3) is 0 Å². The summed E-state index contributed by atoms with van der Waals surface area (Å²) in [6.07, 6.45) is 2.75. The molecule has 62 heavy (non-hydrogen) atoms. The Morgan fingerprint density at radius 2 is 1.24 bits per heavy atom. The highest BCUT2D eigenvalue weighted by molar-refractivity contribution is 5.98. The zero-order valence-corrected chi connectivity index (χ0v) is 37.2. The van der Waals surface area contributed by atoms with Gasteiger partial charge >= 0.3 is 5.97 Å². The van der Waals surface area contributed by atoms with E-state index in [0.29, 0.717) is 32.1 Å². The fraction of sp³-hybridized carbons (Fsp3) is 0.775. The molecule has 0 aliphatic carbocycles. The molecule has 7 atom stereocenters. The smallest absolute Gasteiger partial charge is 0.326 e. The number of carboxylic acids is 1. The zero-order chi connectivity index (χ0) is 46.5. The number of nitrogens with zero attached hydrogens (tertiary/aromatic N) is 4. The lowest BCUT2D eigenvalue weighted by Gasteiger charge is -2.35. The minimum atomic E-state index is -1.31. The lowest BCUT2D eigenvalue weighted by atomic mass is 10.1. The molecule has 22 nitrogen and oxygen atoms in total. The number of likely N-dealkylation sites (tertiary alicyclic amines) is 3. The van der Waals surface area contributed by atoms with Gasteiger partial charge in [-0.15, -0.1) is 0 Å². The average Bonchev–Trinajstić information content (AvgIpc) is 3.99. The second kappa shape index (κ2) is 22.8. The van der Waals surface area contributed by atoms with E-state index in [2.05, 4.69) is 26.3 Å². The molecule has 3 rings (SSSR count). The van der Waals surface area contributed by atoms with Gasteiger partial charge in [-0.3, -0.25) is 38.6 Å². The Hall–Kier alpha value is -5.09. The molecule has 0 saturated carbocycles. The largest absolute Gasteiger partial charge is 0.480 e. The lowest BCUT2D eigenvalue weighted by molar-refractivity contribution is -0.151. The first-order chi connectivity index (χ1) is 28.9. The van der Waals surface area contributed by atoms with Crippen molar-refractivity contribution in [1.82, 2.24) is 36.0 Å². The third-order valence-corrected chi connectivity index (χ3v) is 10.6. The molecule has 7 amide bonds. The Morgan fingerprint density at radius 3 is 1.79 bits per heavy atom. The summed E-state index contributed by atoms with van der Waals surface area (Å²) in [7, 11) is 0. The molecule has 22 heteroatoms. The number of carboxylic acid groups (broad SMARTS) is 1. The van der Waals surface area contributed by atoms with Gasteiger partial charge in [0.2, 0.25) is 41.4 Å². The highest BCUT2D eigenvalue weighted by Gasteiger charge is 2.46. The third-order valence-electron chi connectivity index (χ3n) is 10.6. The standard InChI is InChI=1S/C40H69N11O11/c1-23(46-30(52)20-45-31(53)24(41)21-61-39(2,3)4)34(56)50-18-10-14-28(50)36(58)51-19-11-15-29(51)35(57)49-17-9-13-27(49)33(55)48-26(22-62-40(5,6)7)32(54)47-25(37(59)60)12-8-16-44-38(42)43/h23-29H,8-22,41H2,1-7H3,(H,45,53)(H,46,52)(H,47,54)(H,48,55)(H,59,60)(H4,42,43,44)/t23-,24-,25-,26-,27-,28-,29-/m0/s1. The van der Waals surface area contributed by atoms with Gasteiger partial charge in [0.05, 0.1) is 31.0 Å². The summed E-state index contributed by atoms with van der Waals surface area (Å²) in [5.41, 5.74) is 15.3. The maximum atomic E-state index is 14.2. The quantitative estimate of drug-likeness (QED) is 0.0361. The number of ether oxygens (including phenoxy) is 2. The van der Waals surface area contributed by atoms with Gasteiger partial charge in [0.1, 0.15) is 42.3 Å². The fourth-order valence-electron chi connectivity index (χ4n) is 7.39. The monoisotopic (exact) mass is 880 g/mol. The van der Waals surface area contributed by atoms with Crippen LogP contribution in [0.3, 0.4) is 0 Å². The maximum absolute atomic E-state index is 14.2. The second-order valence-corrected chi connectivity index (χ2v) is 17.9. The molecule has 0 aromatic rings. The van der Waals surface area contributed by atoms with Crippen molar-refractivity contribution >= 4 is 53.3 Å². The van der Waals surface area contributed by atoms with Crippen molar-refractivity contribution in [2.75, 3.05) is 45.9 Å². The van der Waals surface area contributed by atoms with Crippen molar-refractivity contribution in [3.63, 3.8) is 0 Å². The number of guanidine groups is 1. The van der Waals surface area contributed by atoms with Gasteiger partial charge < -0.3 is 67.7 Å². The van der Waals surface area contributed by atoms with Crippen molar-refractivity contribution in [2.45, 2.75) is 153 Å². The number of carbonyl (C=O) groups is 8. The number of hydrogen-bond donors (Lipinski definition) is 8. The Morgan fingerprint density at radius 1 is 0.726 bits per heavy atom. The lowest BCUT2D eigenvalue weighted by Crippen LogP contribution is -2.59. The molecular weight excluding hydrogens is 811 g/mol. The molecule has 0 spiro atoms. The number of hydrogen-bond acceptors (Lipinski definition) is 12. The summed E-state index contributed by atoms with van der Waals surface area (Å²) in [4.78, 5) is 114. The van der Waals surface area contributed by atoms with Crippen molar-refractivity contribution in [3.05, 3.63) is 0 Å². The molecule has 0 aromatic heterocycles. The maximum Gasteiger partial charge on any atom is 0.326 e. The van der Waals surface area contributed by atoms with E-state index >= 15 is 0 Å². The van der Waals surface area contributed by atoms with Crippen LogP contribution in [0.1, 0.15) is 99.8 Å². The van der Waals surface area contributed by atoms with E-state index in [1.807, 2.05) is 20.8 Å². The Bertz CT molecular complexity index is 1660. The van der Waals surface area contributed by atoms with Crippen LogP contribution >= 0.6 is 0 Å². The molecule has 0 aromatic carbocycles. The van der Waals surface area contributed by atoms with E-state index in [9.17, 15) is 43.5 Å². The second-order valence-electron chi connectivity index (χ2n) is 17.9. The predicted octanol–water partition coefficient (Wildman–Crippen LogP) is -2.35. The summed E-state index contributed by atoms with van der Waals surface area (Å²) >= 11 is 0. The molecule has 0 unspecified atom stereocenters. The van der Waals surface area contributed by atoms with Gasteiger partial charge in [0.25, 0.3) is 0 Å². The van der Waals surface area contributed by atoms with E-state index < -0.39 is 107 Å². The molecule has 3 heterocycles. The first-order valence-corrected chi connectivity index (χ1v) is 21.3. The van der Waals surface area contributed by atoms with E-state index in [1.54, 1.807) is 20.8 Å². The number of nitrogens with two attached hydrogens (primary N) is 3. The summed E-state index contributed by atoms with van der Waals surface area (Å²) in [6.45, 7) is 12.3. The van der Waals surface area contributed by atoms with Gasteiger partial charge in [-0.2, -0.15) is 0 Å². The van der Waals surface area contributed by atoms with E-state index in [1.165, 1.54) is 21.6 Å². The minimum Gasteiger partial charge on any atom is -0.480 e. The number of nitrogens with one attached hydrogen (secondary N) is 4. The molecule has 3 aliphatic heterocycles. The summed E-state index contributed by atoms with van der Waals surface area (Å²) in [6, 6.07) is -7.40. The number of aliphatic imine (C=N–C) groups is 1. The van der Waals surface area contributed by atoms with Crippen LogP contribution < -0.4 is 38.5 Å². The number of carbonyl (C=O) groups excluding carboxylic acids is 7. The summed E-state index contributed by atoms with van der Waals surface area (Å²) < 4.78 is 11.3. The van der Waals surface area contributed by atoms with Crippen LogP contribution in [-0.2, 0) is 47.8 Å². The average molecular weight is 880 g/mol. The van der Waals surface area contributed by atoms with Crippen LogP contribution in [0, 0.1) is 0 Å². The van der Waals surface area contributed by atoms with Gasteiger partial charge in [-0.1, -0.05) is 0 Å². The van der Waals surface area contributed by atoms with Crippen LogP contribution in [0.15, 0.2) is 4.99 Å². The van der Waals surface area contributed by atoms with Crippen molar-refractivity contribution in [2.24, 2.45) is 22.2 Å². The highest BCUT2D eigenvalue weighted by Crippen LogP contribution is 2.29. The van der Waals surface area contributed by atoms with Gasteiger partial charge in [0.15, 0.2) is 5.96 Å². The molecule has 3 aliphatic rings. The van der Waals surface area contributed by atoms with E-state index in [4.69, 9.17) is 26.7 Å². The Labute approximate surface area is 363 Å². The predicted molar refractivity (Wildman–Crippen MR) is 226 cm³/mol. The molecular formula is C40H69N11O11. The van der Waals surface area contributed by atoms with E-state index in [0.717, 1.165) is 0 Å². The van der Waals surface area contributed by atoms with Crippen LogP contribution in [0.2, 0.25) is 0 Å². The van der Waals surface area contributed by atoms with Gasteiger partial charge in [0, 0.05) is 26.2 Å². The molecule has 3 saturated heterocycles. The zero-order valence-electron chi connectivity index (χ0n) is 37.2.